The summed E-state index contributed by atoms with van der Waals surface area (Å²) in [6.45, 7) is 0. The molecule has 2 aromatic rings. The number of hydrogen-bond acceptors (Lipinski definition) is 2. The molecule has 0 radical (unpaired) electrons. The highest BCUT2D eigenvalue weighted by molar-refractivity contribution is 7.80. The van der Waals surface area contributed by atoms with Gasteiger partial charge < -0.3 is 0 Å². The van der Waals surface area contributed by atoms with Gasteiger partial charge in [-0.05, 0) is 42.0 Å². The summed E-state index contributed by atoms with van der Waals surface area (Å²) in [7, 11) is 0. The first-order chi connectivity index (χ1) is 9.24. The highest BCUT2D eigenvalue weighted by Gasteiger charge is 1.94. The maximum Gasteiger partial charge on any atom is 0.211 e. The summed E-state index contributed by atoms with van der Waals surface area (Å²) >= 11 is 5.03. The molecule has 0 spiro atoms. The fourth-order valence-electron chi connectivity index (χ4n) is 1.36. The molecule has 2 rings (SSSR count). The van der Waals surface area contributed by atoms with E-state index in [0.29, 0.717) is 10.8 Å². The Bertz CT molecular complexity index is 567. The quantitative estimate of drug-likeness (QED) is 0.512. The van der Waals surface area contributed by atoms with Crippen molar-refractivity contribution in [3.05, 3.63) is 66.0 Å². The third-order valence-electron chi connectivity index (χ3n) is 2.29. The fraction of sp³-hybridized carbons (Fsp3) is 0. The number of benzene rings is 2. The third-order valence-corrected chi connectivity index (χ3v) is 2.50. The van der Waals surface area contributed by atoms with Gasteiger partial charge in [0.15, 0.2) is 0 Å². The molecular weight excluding hydrogens is 261 g/mol. The lowest BCUT2D eigenvalue weighted by molar-refractivity contribution is 0.628. The van der Waals surface area contributed by atoms with Crippen LogP contribution in [-0.2, 0) is 0 Å². The van der Waals surface area contributed by atoms with Crippen molar-refractivity contribution in [2.24, 2.45) is 4.99 Å². The zero-order valence-corrected chi connectivity index (χ0v) is 10.8. The number of nitrogens with zero attached hydrogens (tertiary/aromatic N) is 1. The van der Waals surface area contributed by atoms with E-state index in [4.69, 9.17) is 12.2 Å². The number of rotatable bonds is 3. The van der Waals surface area contributed by atoms with Crippen LogP contribution in [0.4, 0.5) is 10.1 Å². The number of anilines is 1. The van der Waals surface area contributed by atoms with Crippen LogP contribution in [0.5, 0.6) is 0 Å². The van der Waals surface area contributed by atoms with Gasteiger partial charge in [0.25, 0.3) is 0 Å². The van der Waals surface area contributed by atoms with E-state index in [-0.39, 0.29) is 5.82 Å². The highest BCUT2D eigenvalue weighted by Crippen LogP contribution is 2.06. The van der Waals surface area contributed by atoms with Crippen LogP contribution in [-0.4, -0.2) is 11.3 Å². The number of halogens is 1. The molecule has 0 aromatic heterocycles. The molecule has 3 nitrogen and oxygen atoms in total. The fourth-order valence-corrected chi connectivity index (χ4v) is 1.47. The minimum Gasteiger partial charge on any atom is -0.299 e. The van der Waals surface area contributed by atoms with E-state index >= 15 is 0 Å². The van der Waals surface area contributed by atoms with Gasteiger partial charge in [-0.2, -0.15) is 0 Å². The van der Waals surface area contributed by atoms with E-state index < -0.39 is 0 Å². The molecular formula is C14H12FN3S. The monoisotopic (exact) mass is 273 g/mol. The predicted octanol–water partition coefficient (Wildman–Crippen LogP) is 3.15. The van der Waals surface area contributed by atoms with Crippen molar-refractivity contribution in [3.8, 4) is 0 Å². The molecule has 0 heterocycles. The molecule has 0 atom stereocenters. The first-order valence-corrected chi connectivity index (χ1v) is 6.05. The molecule has 19 heavy (non-hydrogen) atoms. The van der Waals surface area contributed by atoms with E-state index in [9.17, 15) is 4.39 Å². The second-order valence-electron chi connectivity index (χ2n) is 3.73. The molecule has 96 valence electrons. The lowest BCUT2D eigenvalue weighted by Gasteiger charge is -2.07. The maximum atomic E-state index is 12.7. The Kier molecular flexibility index (Phi) is 4.58. The van der Waals surface area contributed by atoms with Crippen LogP contribution >= 0.6 is 12.2 Å². The summed E-state index contributed by atoms with van der Waals surface area (Å²) in [5, 5.41) is 0.299. The van der Waals surface area contributed by atoms with Gasteiger partial charge in [0.2, 0.25) is 5.11 Å². The molecule has 0 fully saturated rings. The van der Waals surface area contributed by atoms with Gasteiger partial charge in [0, 0.05) is 6.21 Å². The maximum absolute atomic E-state index is 12.7. The molecule has 2 aromatic carbocycles. The minimum absolute atomic E-state index is 0.282. The normalized spacial score (nSPS) is 10.4. The average Bonchev–Trinajstić information content (AvgIpc) is 2.45. The van der Waals surface area contributed by atoms with Crippen molar-refractivity contribution in [2.75, 3.05) is 5.43 Å². The van der Waals surface area contributed by atoms with Gasteiger partial charge in [0.1, 0.15) is 5.82 Å². The van der Waals surface area contributed by atoms with Crippen molar-refractivity contribution >= 4 is 29.2 Å². The van der Waals surface area contributed by atoms with E-state index in [0.717, 1.165) is 5.56 Å². The number of thiocarbonyl (C=S) groups is 1. The van der Waals surface area contributed by atoms with Gasteiger partial charge in [0.05, 0.1) is 5.69 Å². The second-order valence-corrected chi connectivity index (χ2v) is 4.12. The highest BCUT2D eigenvalue weighted by atomic mass is 32.1. The van der Waals surface area contributed by atoms with E-state index in [1.807, 2.05) is 30.3 Å². The summed E-state index contributed by atoms with van der Waals surface area (Å²) in [5.41, 5.74) is 7.26. The number of nitrogens with one attached hydrogen (secondary N) is 2. The summed E-state index contributed by atoms with van der Waals surface area (Å²) in [6.07, 6.45) is 1.67. The van der Waals surface area contributed by atoms with Crippen LogP contribution in [0.15, 0.2) is 59.6 Å². The number of hydrogen-bond donors (Lipinski definition) is 2. The van der Waals surface area contributed by atoms with Crippen LogP contribution < -0.4 is 10.9 Å². The lowest BCUT2D eigenvalue weighted by atomic mass is 10.2. The van der Waals surface area contributed by atoms with Crippen LogP contribution in [0.25, 0.3) is 0 Å². The van der Waals surface area contributed by atoms with Crippen LogP contribution in [0, 0.1) is 5.82 Å². The van der Waals surface area contributed by atoms with Gasteiger partial charge in [-0.1, -0.05) is 30.3 Å². The Morgan fingerprint density at radius 2 is 1.74 bits per heavy atom. The second kappa shape index (κ2) is 6.61. The smallest absolute Gasteiger partial charge is 0.211 e. The standard InChI is InChI=1S/C14H12FN3S/c15-12-6-8-13(9-7-12)17-18-14(19)16-10-11-4-2-1-3-5-11/h1-10,17H,(H,18,19)/b16-10+. The Hall–Kier alpha value is -2.27. The molecule has 5 heteroatoms. The Labute approximate surface area is 116 Å². The SMILES string of the molecule is Fc1ccc(NNC(=S)/N=C/c2ccccc2)cc1. The number of hydrazine groups is 1. The largest absolute Gasteiger partial charge is 0.299 e. The van der Waals surface area contributed by atoms with Gasteiger partial charge in [-0.3, -0.25) is 10.9 Å². The molecule has 0 aliphatic rings. The first-order valence-electron chi connectivity index (χ1n) is 5.65. The van der Waals surface area contributed by atoms with Crippen molar-refractivity contribution < 1.29 is 4.39 Å². The Morgan fingerprint density at radius 1 is 1.05 bits per heavy atom. The van der Waals surface area contributed by atoms with Gasteiger partial charge in [-0.15, -0.1) is 0 Å². The van der Waals surface area contributed by atoms with Crippen molar-refractivity contribution in [3.63, 3.8) is 0 Å². The average molecular weight is 273 g/mol. The molecule has 0 unspecified atom stereocenters. The molecule has 0 bridgehead atoms. The van der Waals surface area contributed by atoms with Gasteiger partial charge >= 0.3 is 0 Å². The topological polar surface area (TPSA) is 36.4 Å². The lowest BCUT2D eigenvalue weighted by Crippen LogP contribution is -2.26. The van der Waals surface area contributed by atoms with Crippen LogP contribution in [0.3, 0.4) is 0 Å². The predicted molar refractivity (Wildman–Crippen MR) is 79.8 cm³/mol. The van der Waals surface area contributed by atoms with Crippen molar-refractivity contribution in [2.45, 2.75) is 0 Å². The van der Waals surface area contributed by atoms with Crippen LogP contribution in [0.1, 0.15) is 5.56 Å². The van der Waals surface area contributed by atoms with E-state index in [1.54, 1.807) is 18.3 Å². The van der Waals surface area contributed by atoms with Crippen molar-refractivity contribution in [1.29, 1.82) is 0 Å². The van der Waals surface area contributed by atoms with E-state index in [1.165, 1.54) is 12.1 Å². The molecule has 0 saturated carbocycles. The third kappa shape index (κ3) is 4.48. The van der Waals surface area contributed by atoms with Crippen LogP contribution in [0.2, 0.25) is 0 Å². The zero-order chi connectivity index (χ0) is 13.5. The zero-order valence-electron chi connectivity index (χ0n) is 10.0. The summed E-state index contributed by atoms with van der Waals surface area (Å²) < 4.78 is 12.7. The first kappa shape index (κ1) is 13.2. The summed E-state index contributed by atoms with van der Waals surface area (Å²) in [4.78, 5) is 4.09. The molecule has 0 aliphatic heterocycles. The van der Waals surface area contributed by atoms with Crippen molar-refractivity contribution in [1.82, 2.24) is 5.43 Å². The summed E-state index contributed by atoms with van der Waals surface area (Å²) in [6, 6.07) is 15.6. The molecule has 2 N–H and O–H groups in total. The molecule has 0 amide bonds. The Balaban J connectivity index is 1.85. The number of aliphatic imine (C=N–C) groups is 1. The van der Waals surface area contributed by atoms with Gasteiger partial charge in [-0.25, -0.2) is 9.38 Å². The Morgan fingerprint density at radius 3 is 2.42 bits per heavy atom. The van der Waals surface area contributed by atoms with E-state index in [2.05, 4.69) is 15.8 Å². The minimum atomic E-state index is -0.282. The molecule has 0 saturated heterocycles. The molecule has 0 aliphatic carbocycles. The summed E-state index contributed by atoms with van der Waals surface area (Å²) in [5.74, 6) is -0.282.